The molecule has 1 aliphatic rings. The quantitative estimate of drug-likeness (QED) is 0.458. The Morgan fingerprint density at radius 3 is 2.73 bits per heavy atom. The van der Waals surface area contributed by atoms with Crippen LogP contribution in [0.15, 0.2) is 11.6 Å². The smallest absolute Gasteiger partial charge is 0.333 e. The van der Waals surface area contributed by atoms with Crippen LogP contribution < -0.4 is 0 Å². The first kappa shape index (κ1) is 8.31. The number of hydrogen-bond acceptors (Lipinski definition) is 2. The SMILES string of the molecule is CCOC(=O)/C(C)=C/C1CC1. The standard InChI is InChI=1S/C9H14O2/c1-3-11-9(10)7(2)6-8-4-5-8/h6,8H,3-5H2,1-2H3/b7-6+. The molecule has 0 bridgehead atoms. The highest BCUT2D eigenvalue weighted by Gasteiger charge is 2.20. The van der Waals surface area contributed by atoms with Gasteiger partial charge in [0.15, 0.2) is 0 Å². The van der Waals surface area contributed by atoms with Crippen LogP contribution in [0.1, 0.15) is 26.7 Å². The Morgan fingerprint density at radius 2 is 2.27 bits per heavy atom. The average molecular weight is 154 g/mol. The lowest BCUT2D eigenvalue weighted by Gasteiger charge is -1.99. The van der Waals surface area contributed by atoms with E-state index >= 15 is 0 Å². The lowest BCUT2D eigenvalue weighted by atomic mass is 10.2. The summed E-state index contributed by atoms with van der Waals surface area (Å²) < 4.78 is 4.83. The summed E-state index contributed by atoms with van der Waals surface area (Å²) in [5.74, 6) is 0.485. The van der Waals surface area contributed by atoms with E-state index < -0.39 is 0 Å². The minimum atomic E-state index is -0.167. The topological polar surface area (TPSA) is 26.3 Å². The van der Waals surface area contributed by atoms with E-state index in [0.717, 1.165) is 5.57 Å². The third-order valence-electron chi connectivity index (χ3n) is 1.71. The van der Waals surface area contributed by atoms with Crippen molar-refractivity contribution in [3.63, 3.8) is 0 Å². The average Bonchev–Trinajstić information content (AvgIpc) is 2.72. The molecule has 62 valence electrons. The van der Waals surface area contributed by atoms with Gasteiger partial charge >= 0.3 is 5.97 Å². The van der Waals surface area contributed by atoms with Crippen LogP contribution in [0, 0.1) is 5.92 Å². The lowest BCUT2D eigenvalue weighted by molar-refractivity contribution is -0.138. The van der Waals surface area contributed by atoms with Crippen molar-refractivity contribution >= 4 is 5.97 Å². The predicted octanol–water partition coefficient (Wildman–Crippen LogP) is 1.91. The van der Waals surface area contributed by atoms with E-state index in [2.05, 4.69) is 0 Å². The lowest BCUT2D eigenvalue weighted by Crippen LogP contribution is -2.05. The molecule has 1 fully saturated rings. The van der Waals surface area contributed by atoms with E-state index in [-0.39, 0.29) is 5.97 Å². The number of rotatable bonds is 3. The molecule has 0 aromatic carbocycles. The van der Waals surface area contributed by atoms with Gasteiger partial charge in [0, 0.05) is 5.57 Å². The number of carbonyl (C=O) groups excluding carboxylic acids is 1. The fourth-order valence-electron chi connectivity index (χ4n) is 0.929. The molecule has 11 heavy (non-hydrogen) atoms. The summed E-state index contributed by atoms with van der Waals surface area (Å²) in [6.45, 7) is 4.10. The van der Waals surface area contributed by atoms with E-state index in [1.165, 1.54) is 12.8 Å². The molecule has 0 amide bonds. The van der Waals surface area contributed by atoms with Gasteiger partial charge in [-0.2, -0.15) is 0 Å². The summed E-state index contributed by atoms with van der Waals surface area (Å²) in [7, 11) is 0. The van der Waals surface area contributed by atoms with E-state index in [1.54, 1.807) is 0 Å². The summed E-state index contributed by atoms with van der Waals surface area (Å²) >= 11 is 0. The highest BCUT2D eigenvalue weighted by Crippen LogP contribution is 2.31. The van der Waals surface area contributed by atoms with E-state index in [9.17, 15) is 4.79 Å². The van der Waals surface area contributed by atoms with Crippen molar-refractivity contribution in [2.75, 3.05) is 6.61 Å². The molecule has 1 aliphatic carbocycles. The van der Waals surface area contributed by atoms with Gasteiger partial charge in [-0.3, -0.25) is 0 Å². The molecule has 1 rings (SSSR count). The zero-order valence-corrected chi connectivity index (χ0v) is 7.09. The Bertz CT molecular complexity index is 178. The second-order valence-electron chi connectivity index (χ2n) is 2.91. The Morgan fingerprint density at radius 1 is 1.64 bits per heavy atom. The van der Waals surface area contributed by atoms with E-state index in [4.69, 9.17) is 4.74 Å². The van der Waals surface area contributed by atoms with Gasteiger partial charge in [0.25, 0.3) is 0 Å². The third-order valence-corrected chi connectivity index (χ3v) is 1.71. The maximum atomic E-state index is 11.0. The predicted molar refractivity (Wildman–Crippen MR) is 43.1 cm³/mol. The molecule has 2 heteroatoms. The van der Waals surface area contributed by atoms with Crippen molar-refractivity contribution in [1.82, 2.24) is 0 Å². The van der Waals surface area contributed by atoms with Crippen molar-refractivity contribution in [1.29, 1.82) is 0 Å². The van der Waals surface area contributed by atoms with E-state index in [1.807, 2.05) is 19.9 Å². The van der Waals surface area contributed by atoms with Gasteiger partial charge in [-0.05, 0) is 32.6 Å². The van der Waals surface area contributed by atoms with Crippen molar-refractivity contribution < 1.29 is 9.53 Å². The molecule has 0 aromatic heterocycles. The first-order valence-corrected chi connectivity index (χ1v) is 4.09. The molecule has 0 radical (unpaired) electrons. The van der Waals surface area contributed by atoms with Crippen LogP contribution >= 0.6 is 0 Å². The summed E-state index contributed by atoms with van der Waals surface area (Å²) in [4.78, 5) is 11.0. The fraction of sp³-hybridized carbons (Fsp3) is 0.667. The molecule has 0 spiro atoms. The van der Waals surface area contributed by atoms with Gasteiger partial charge in [-0.25, -0.2) is 4.79 Å². The second-order valence-corrected chi connectivity index (χ2v) is 2.91. The zero-order valence-electron chi connectivity index (χ0n) is 7.09. The first-order chi connectivity index (χ1) is 5.24. The molecule has 1 saturated carbocycles. The van der Waals surface area contributed by atoms with Gasteiger partial charge in [-0.1, -0.05) is 6.08 Å². The molecule has 0 heterocycles. The highest BCUT2D eigenvalue weighted by atomic mass is 16.5. The van der Waals surface area contributed by atoms with Gasteiger partial charge in [0.05, 0.1) is 6.61 Å². The van der Waals surface area contributed by atoms with Crippen LogP contribution in [0.3, 0.4) is 0 Å². The summed E-state index contributed by atoms with van der Waals surface area (Å²) in [6.07, 6.45) is 4.48. The van der Waals surface area contributed by atoms with Gasteiger partial charge < -0.3 is 4.74 Å². The molecular weight excluding hydrogens is 140 g/mol. The number of allylic oxidation sites excluding steroid dienone is 1. The molecule has 0 N–H and O–H groups in total. The normalized spacial score (nSPS) is 18.2. The summed E-state index contributed by atoms with van der Waals surface area (Å²) in [5, 5.41) is 0. The molecule has 0 saturated heterocycles. The number of hydrogen-bond donors (Lipinski definition) is 0. The van der Waals surface area contributed by atoms with Gasteiger partial charge in [0.2, 0.25) is 0 Å². The van der Waals surface area contributed by atoms with Crippen LogP contribution in [0.2, 0.25) is 0 Å². The largest absolute Gasteiger partial charge is 0.463 e. The van der Waals surface area contributed by atoms with Crippen LogP contribution in [-0.4, -0.2) is 12.6 Å². The number of ether oxygens (including phenoxy) is 1. The van der Waals surface area contributed by atoms with Crippen molar-refractivity contribution in [2.45, 2.75) is 26.7 Å². The molecule has 0 aromatic rings. The number of carbonyl (C=O) groups is 1. The second kappa shape index (κ2) is 3.56. The number of esters is 1. The molecule has 0 aliphatic heterocycles. The summed E-state index contributed by atoms with van der Waals surface area (Å²) in [6, 6.07) is 0. The molecular formula is C9H14O2. The fourth-order valence-corrected chi connectivity index (χ4v) is 0.929. The van der Waals surface area contributed by atoms with Gasteiger partial charge in [-0.15, -0.1) is 0 Å². The van der Waals surface area contributed by atoms with Gasteiger partial charge in [0.1, 0.15) is 0 Å². The maximum Gasteiger partial charge on any atom is 0.333 e. The Labute approximate surface area is 67.2 Å². The highest BCUT2D eigenvalue weighted by molar-refractivity contribution is 5.87. The first-order valence-electron chi connectivity index (χ1n) is 4.09. The van der Waals surface area contributed by atoms with Crippen LogP contribution in [0.25, 0.3) is 0 Å². The van der Waals surface area contributed by atoms with Crippen molar-refractivity contribution in [3.05, 3.63) is 11.6 Å². The molecule has 2 nitrogen and oxygen atoms in total. The van der Waals surface area contributed by atoms with E-state index in [0.29, 0.717) is 12.5 Å². The van der Waals surface area contributed by atoms with Crippen LogP contribution in [0.5, 0.6) is 0 Å². The molecule has 0 unspecified atom stereocenters. The van der Waals surface area contributed by atoms with Crippen molar-refractivity contribution in [3.8, 4) is 0 Å². The Balaban J connectivity index is 2.37. The minimum absolute atomic E-state index is 0.167. The Kier molecular flexibility index (Phi) is 2.69. The zero-order chi connectivity index (χ0) is 8.27. The van der Waals surface area contributed by atoms with Crippen molar-refractivity contribution in [2.24, 2.45) is 5.92 Å². The summed E-state index contributed by atoms with van der Waals surface area (Å²) in [5.41, 5.74) is 0.759. The molecule has 0 atom stereocenters. The minimum Gasteiger partial charge on any atom is -0.463 e. The van der Waals surface area contributed by atoms with Crippen LogP contribution in [0.4, 0.5) is 0 Å². The third kappa shape index (κ3) is 2.74. The Hall–Kier alpha value is -0.790. The maximum absolute atomic E-state index is 11.0. The monoisotopic (exact) mass is 154 g/mol. The van der Waals surface area contributed by atoms with Crippen LogP contribution in [-0.2, 0) is 9.53 Å².